The van der Waals surface area contributed by atoms with Gasteiger partial charge >= 0.3 is 0 Å². The summed E-state index contributed by atoms with van der Waals surface area (Å²) < 4.78 is 1.85. The van der Waals surface area contributed by atoms with Crippen LogP contribution in [0.4, 0.5) is 0 Å². The molecule has 0 unspecified atom stereocenters. The minimum atomic E-state index is 0.00383. The Morgan fingerprint density at radius 3 is 2.91 bits per heavy atom. The van der Waals surface area contributed by atoms with Crippen LogP contribution in [0.25, 0.3) is 10.9 Å². The Morgan fingerprint density at radius 2 is 2.03 bits per heavy atom. The van der Waals surface area contributed by atoms with Crippen LogP contribution in [-0.2, 0) is 37.3 Å². The fraction of sp³-hybridized carbons (Fsp3) is 0.320. The minimum absolute atomic E-state index is 0.00383. The average molecular weight is 445 g/mol. The third-order valence-corrected chi connectivity index (χ3v) is 6.19. The van der Waals surface area contributed by atoms with Crippen molar-refractivity contribution in [3.8, 4) is 5.75 Å². The molecule has 0 saturated heterocycles. The SMILES string of the molecule is O=C(CCCc1ccc(O)cc1)NCc1cn(C[C@@H]2Cc3c([nH]c4ccccc34)CN2)nn1. The van der Waals surface area contributed by atoms with Gasteiger partial charge < -0.3 is 20.7 Å². The van der Waals surface area contributed by atoms with Gasteiger partial charge in [0.05, 0.1) is 19.3 Å². The van der Waals surface area contributed by atoms with Gasteiger partial charge in [0, 0.05) is 35.6 Å². The van der Waals surface area contributed by atoms with Crippen molar-refractivity contribution in [3.05, 3.63) is 77.2 Å². The van der Waals surface area contributed by atoms with Crippen molar-refractivity contribution in [1.29, 1.82) is 0 Å². The fourth-order valence-electron chi connectivity index (χ4n) is 4.46. The molecule has 1 aliphatic heterocycles. The predicted molar refractivity (Wildman–Crippen MR) is 126 cm³/mol. The molecule has 2 aromatic carbocycles. The topological polar surface area (TPSA) is 108 Å². The molecule has 3 heterocycles. The molecule has 1 atom stereocenters. The molecule has 0 saturated carbocycles. The maximum absolute atomic E-state index is 12.2. The zero-order valence-electron chi connectivity index (χ0n) is 18.4. The Bertz CT molecular complexity index is 1240. The number of aryl methyl sites for hydroxylation is 1. The van der Waals surface area contributed by atoms with E-state index in [0.717, 1.165) is 43.6 Å². The van der Waals surface area contributed by atoms with Crippen molar-refractivity contribution in [2.24, 2.45) is 0 Å². The Labute approximate surface area is 192 Å². The summed E-state index contributed by atoms with van der Waals surface area (Å²) in [6, 6.07) is 15.8. The van der Waals surface area contributed by atoms with Crippen molar-refractivity contribution in [3.63, 3.8) is 0 Å². The summed E-state index contributed by atoms with van der Waals surface area (Å²) in [5.41, 5.74) is 5.70. The van der Waals surface area contributed by atoms with Crippen LogP contribution in [0, 0.1) is 0 Å². The molecule has 0 bridgehead atoms. The van der Waals surface area contributed by atoms with E-state index in [9.17, 15) is 9.90 Å². The lowest BCUT2D eigenvalue weighted by molar-refractivity contribution is -0.121. The summed E-state index contributed by atoms with van der Waals surface area (Å²) in [4.78, 5) is 15.7. The number of carbonyl (C=O) groups is 1. The Morgan fingerprint density at radius 1 is 1.18 bits per heavy atom. The number of para-hydroxylation sites is 1. The Hall–Kier alpha value is -3.65. The highest BCUT2D eigenvalue weighted by molar-refractivity contribution is 5.84. The van der Waals surface area contributed by atoms with Crippen LogP contribution in [-0.4, -0.2) is 37.0 Å². The van der Waals surface area contributed by atoms with Gasteiger partial charge in [-0.3, -0.25) is 9.48 Å². The first-order chi connectivity index (χ1) is 16.1. The van der Waals surface area contributed by atoms with E-state index >= 15 is 0 Å². The van der Waals surface area contributed by atoms with Gasteiger partial charge in [-0.25, -0.2) is 0 Å². The maximum atomic E-state index is 12.2. The number of carbonyl (C=O) groups excluding carboxylic acids is 1. The van der Waals surface area contributed by atoms with Gasteiger partial charge in [-0.2, -0.15) is 0 Å². The molecule has 4 N–H and O–H groups in total. The molecule has 4 aromatic rings. The summed E-state index contributed by atoms with van der Waals surface area (Å²) in [5, 5.41) is 25.6. The summed E-state index contributed by atoms with van der Waals surface area (Å²) in [6.45, 7) is 1.92. The van der Waals surface area contributed by atoms with Gasteiger partial charge in [0.2, 0.25) is 5.91 Å². The van der Waals surface area contributed by atoms with E-state index in [4.69, 9.17) is 0 Å². The number of hydrogen-bond acceptors (Lipinski definition) is 5. The monoisotopic (exact) mass is 444 g/mol. The lowest BCUT2D eigenvalue weighted by atomic mass is 9.98. The summed E-state index contributed by atoms with van der Waals surface area (Å²) >= 11 is 0. The quantitative estimate of drug-likeness (QED) is 0.334. The van der Waals surface area contributed by atoms with Crippen molar-refractivity contribution in [2.75, 3.05) is 0 Å². The van der Waals surface area contributed by atoms with E-state index in [1.807, 2.05) is 23.0 Å². The molecule has 0 radical (unpaired) electrons. The van der Waals surface area contributed by atoms with Crippen LogP contribution >= 0.6 is 0 Å². The number of fused-ring (bicyclic) bond motifs is 3. The third-order valence-electron chi connectivity index (χ3n) is 6.19. The summed E-state index contributed by atoms with van der Waals surface area (Å²) in [6.07, 6.45) is 4.85. The Balaban J connectivity index is 1.08. The summed E-state index contributed by atoms with van der Waals surface area (Å²) in [5.74, 6) is 0.260. The van der Waals surface area contributed by atoms with Crippen molar-refractivity contribution >= 4 is 16.8 Å². The zero-order chi connectivity index (χ0) is 22.6. The van der Waals surface area contributed by atoms with E-state index in [0.29, 0.717) is 13.0 Å². The second-order valence-corrected chi connectivity index (χ2v) is 8.64. The number of phenols is 1. The number of rotatable bonds is 8. The van der Waals surface area contributed by atoms with E-state index < -0.39 is 0 Å². The fourth-order valence-corrected chi connectivity index (χ4v) is 4.46. The number of aromatic amines is 1. The minimum Gasteiger partial charge on any atom is -0.508 e. The highest BCUT2D eigenvalue weighted by atomic mass is 16.3. The van der Waals surface area contributed by atoms with Gasteiger partial charge in [0.15, 0.2) is 0 Å². The van der Waals surface area contributed by atoms with Crippen LogP contribution < -0.4 is 10.6 Å². The van der Waals surface area contributed by atoms with Crippen LogP contribution in [0.3, 0.4) is 0 Å². The molecule has 170 valence electrons. The largest absolute Gasteiger partial charge is 0.508 e. The third kappa shape index (κ3) is 5.06. The number of hydrogen-bond donors (Lipinski definition) is 4. The van der Waals surface area contributed by atoms with Crippen LogP contribution in [0.2, 0.25) is 0 Å². The van der Waals surface area contributed by atoms with E-state index in [2.05, 4.69) is 50.2 Å². The zero-order valence-corrected chi connectivity index (χ0v) is 18.4. The first-order valence-electron chi connectivity index (χ1n) is 11.4. The molecule has 0 fully saturated rings. The Kier molecular flexibility index (Phi) is 6.08. The maximum Gasteiger partial charge on any atom is 0.220 e. The molecule has 1 amide bonds. The number of benzene rings is 2. The number of amides is 1. The van der Waals surface area contributed by atoms with Gasteiger partial charge in [-0.15, -0.1) is 5.10 Å². The smallest absolute Gasteiger partial charge is 0.220 e. The normalized spacial score (nSPS) is 15.5. The van der Waals surface area contributed by atoms with E-state index in [-0.39, 0.29) is 17.7 Å². The average Bonchev–Trinajstić information content (AvgIpc) is 3.43. The number of nitrogens with zero attached hydrogens (tertiary/aromatic N) is 3. The molecular formula is C25H28N6O2. The van der Waals surface area contributed by atoms with Gasteiger partial charge in [0.1, 0.15) is 11.4 Å². The van der Waals surface area contributed by atoms with Crippen molar-refractivity contribution < 1.29 is 9.90 Å². The molecule has 5 rings (SSSR count). The standard InChI is InChI=1S/C25H28N6O2/c32-20-10-8-17(9-11-20)4-3-7-25(33)27-13-19-16-31(30-29-19)15-18-12-22-21-5-1-2-6-23(21)28-24(22)14-26-18/h1-2,5-6,8-11,16,18,26,28,32H,3-4,7,12-15H2,(H,27,33)/t18-/m0/s1. The number of aromatic nitrogens is 4. The number of nitrogens with one attached hydrogen (secondary N) is 3. The molecule has 0 spiro atoms. The van der Waals surface area contributed by atoms with Crippen LogP contribution in [0.1, 0.15) is 35.4 Å². The molecule has 8 heteroatoms. The first-order valence-corrected chi connectivity index (χ1v) is 11.4. The highest BCUT2D eigenvalue weighted by Gasteiger charge is 2.22. The van der Waals surface area contributed by atoms with E-state index in [1.165, 1.54) is 22.2 Å². The second-order valence-electron chi connectivity index (χ2n) is 8.64. The van der Waals surface area contributed by atoms with E-state index in [1.54, 1.807) is 12.1 Å². The first kappa shape index (κ1) is 21.2. The molecule has 2 aromatic heterocycles. The van der Waals surface area contributed by atoms with Crippen LogP contribution in [0.15, 0.2) is 54.7 Å². The molecule has 0 aliphatic carbocycles. The highest BCUT2D eigenvalue weighted by Crippen LogP contribution is 2.26. The number of phenolic OH excluding ortho intramolecular Hbond substituents is 1. The van der Waals surface area contributed by atoms with Crippen molar-refractivity contribution in [1.82, 2.24) is 30.6 Å². The molecule has 1 aliphatic rings. The molecule has 33 heavy (non-hydrogen) atoms. The lowest BCUT2D eigenvalue weighted by Gasteiger charge is -2.24. The molecule has 8 nitrogen and oxygen atoms in total. The molecular weight excluding hydrogens is 416 g/mol. The van der Waals surface area contributed by atoms with Gasteiger partial charge in [-0.05, 0) is 48.6 Å². The van der Waals surface area contributed by atoms with Crippen LogP contribution in [0.5, 0.6) is 5.75 Å². The number of aromatic hydroxyl groups is 1. The summed E-state index contributed by atoms with van der Waals surface area (Å²) in [7, 11) is 0. The van der Waals surface area contributed by atoms with Gasteiger partial charge in [-0.1, -0.05) is 35.5 Å². The predicted octanol–water partition coefficient (Wildman–Crippen LogP) is 2.82. The van der Waals surface area contributed by atoms with Crippen molar-refractivity contribution in [2.45, 2.75) is 51.4 Å². The second kappa shape index (κ2) is 9.46. The lowest BCUT2D eigenvalue weighted by Crippen LogP contribution is -2.38. The number of H-pyrrole nitrogens is 1. The van der Waals surface area contributed by atoms with Gasteiger partial charge in [0.25, 0.3) is 0 Å².